The normalized spacial score (nSPS) is 10.2. The predicted molar refractivity (Wildman–Crippen MR) is 60.6 cm³/mol. The fourth-order valence-electron chi connectivity index (χ4n) is 1.29. The summed E-state index contributed by atoms with van der Waals surface area (Å²) in [6.07, 6.45) is 7.07. The number of nitrogens with zero attached hydrogens (tertiary/aromatic N) is 1. The van der Waals surface area contributed by atoms with Crippen LogP contribution in [0, 0.1) is 0 Å². The molecule has 0 aliphatic rings. The van der Waals surface area contributed by atoms with E-state index in [9.17, 15) is 0 Å². The van der Waals surface area contributed by atoms with E-state index >= 15 is 0 Å². The van der Waals surface area contributed by atoms with Gasteiger partial charge >= 0.3 is 0 Å². The summed E-state index contributed by atoms with van der Waals surface area (Å²) in [5.41, 5.74) is 2.64. The first-order chi connectivity index (χ1) is 6.13. The summed E-state index contributed by atoms with van der Waals surface area (Å²) in [5, 5.41) is 0. The van der Waals surface area contributed by atoms with Gasteiger partial charge in [0.15, 0.2) is 0 Å². The fourth-order valence-corrected chi connectivity index (χ4v) is 1.29. The van der Waals surface area contributed by atoms with E-state index in [1.54, 1.807) is 0 Å². The lowest BCUT2D eigenvalue weighted by Gasteiger charge is -2.21. The van der Waals surface area contributed by atoms with Gasteiger partial charge in [0.1, 0.15) is 0 Å². The second-order valence-corrected chi connectivity index (χ2v) is 3.40. The molecule has 0 atom stereocenters. The molecule has 0 rings (SSSR count). The molecule has 1 heteroatoms. The summed E-state index contributed by atoms with van der Waals surface area (Å²) in [7, 11) is 2.12. The molecule has 0 radical (unpaired) electrons. The summed E-state index contributed by atoms with van der Waals surface area (Å²) in [6, 6.07) is 0. The van der Waals surface area contributed by atoms with Crippen molar-refractivity contribution in [2.75, 3.05) is 13.6 Å². The minimum absolute atomic E-state index is 1.10. The summed E-state index contributed by atoms with van der Waals surface area (Å²) >= 11 is 0. The lowest BCUT2D eigenvalue weighted by atomic mass is 10.2. The monoisotopic (exact) mass is 179 g/mol. The number of hydrogen-bond donors (Lipinski definition) is 0. The molecule has 0 unspecified atom stereocenters. The van der Waals surface area contributed by atoms with Gasteiger partial charge in [0.2, 0.25) is 0 Å². The van der Waals surface area contributed by atoms with E-state index in [0.29, 0.717) is 0 Å². The minimum atomic E-state index is 1.10. The zero-order valence-electron chi connectivity index (χ0n) is 9.30. The van der Waals surface area contributed by atoms with Crippen LogP contribution >= 0.6 is 0 Å². The second-order valence-electron chi connectivity index (χ2n) is 3.40. The predicted octanol–water partition coefficient (Wildman–Crippen LogP) is 3.36. The van der Waals surface area contributed by atoms with Crippen molar-refractivity contribution in [1.82, 2.24) is 4.90 Å². The van der Waals surface area contributed by atoms with Crippen molar-refractivity contribution in [3.63, 3.8) is 0 Å². The molecule has 0 aromatic rings. The third-order valence-corrected chi connectivity index (χ3v) is 1.87. The van der Waals surface area contributed by atoms with Crippen LogP contribution in [-0.4, -0.2) is 18.5 Å². The van der Waals surface area contributed by atoms with Gasteiger partial charge in [-0.05, 0) is 26.3 Å². The first-order valence-corrected chi connectivity index (χ1v) is 4.81. The molecule has 1 nitrogen and oxygen atoms in total. The summed E-state index contributed by atoms with van der Waals surface area (Å²) < 4.78 is 0. The van der Waals surface area contributed by atoms with Gasteiger partial charge in [-0.3, -0.25) is 0 Å². The van der Waals surface area contributed by atoms with Crippen LogP contribution in [0.3, 0.4) is 0 Å². The summed E-state index contributed by atoms with van der Waals surface area (Å²) in [6.45, 7) is 11.2. The average molecular weight is 179 g/mol. The van der Waals surface area contributed by atoms with Gasteiger partial charge in [0, 0.05) is 19.3 Å². The largest absolute Gasteiger partial charge is 0.375 e. The van der Waals surface area contributed by atoms with Crippen molar-refractivity contribution < 1.29 is 0 Å². The smallest absolute Gasteiger partial charge is 0.0349 e. The van der Waals surface area contributed by atoms with Crippen LogP contribution in [0.4, 0.5) is 0 Å². The summed E-state index contributed by atoms with van der Waals surface area (Å²) in [4.78, 5) is 2.27. The maximum atomic E-state index is 3.67. The molecule has 0 aliphatic carbocycles. The van der Waals surface area contributed by atoms with Gasteiger partial charge in [-0.2, -0.15) is 0 Å². The Morgan fingerprint density at radius 3 is 2.38 bits per heavy atom. The van der Waals surface area contributed by atoms with Crippen molar-refractivity contribution in [2.24, 2.45) is 0 Å². The Bertz CT molecular complexity index is 207. The molecule has 13 heavy (non-hydrogen) atoms. The minimum Gasteiger partial charge on any atom is -0.375 e. The van der Waals surface area contributed by atoms with E-state index < -0.39 is 0 Å². The van der Waals surface area contributed by atoms with Crippen LogP contribution in [-0.2, 0) is 0 Å². The molecule has 0 saturated carbocycles. The van der Waals surface area contributed by atoms with E-state index in [1.165, 1.54) is 17.7 Å². The van der Waals surface area contributed by atoms with Crippen molar-refractivity contribution >= 4 is 0 Å². The van der Waals surface area contributed by atoms with Crippen LogP contribution in [0.1, 0.15) is 27.2 Å². The number of rotatable bonds is 5. The van der Waals surface area contributed by atoms with Gasteiger partial charge < -0.3 is 4.90 Å². The molecule has 0 amide bonds. The first kappa shape index (κ1) is 12.0. The Morgan fingerprint density at radius 1 is 1.38 bits per heavy atom. The Morgan fingerprint density at radius 2 is 2.00 bits per heavy atom. The lowest BCUT2D eigenvalue weighted by molar-refractivity contribution is 0.425. The topological polar surface area (TPSA) is 3.24 Å². The highest BCUT2D eigenvalue weighted by molar-refractivity contribution is 5.24. The molecular formula is C12H21N. The Balaban J connectivity index is 4.53. The SMILES string of the molecule is C=CC=CC(=C(C)C)N(C)CCC. The molecule has 0 aromatic heterocycles. The molecular weight excluding hydrogens is 158 g/mol. The number of likely N-dealkylation sites (N-methyl/N-ethyl adjacent to an activating group) is 1. The molecule has 0 heterocycles. The van der Waals surface area contributed by atoms with Crippen molar-refractivity contribution in [3.05, 3.63) is 36.1 Å². The lowest BCUT2D eigenvalue weighted by Crippen LogP contribution is -2.18. The third-order valence-electron chi connectivity index (χ3n) is 1.87. The van der Waals surface area contributed by atoms with Gasteiger partial charge in [0.05, 0.1) is 0 Å². The molecule has 0 bridgehead atoms. The van der Waals surface area contributed by atoms with Gasteiger partial charge in [-0.25, -0.2) is 0 Å². The van der Waals surface area contributed by atoms with E-state index in [1.807, 2.05) is 12.2 Å². The average Bonchev–Trinajstić information content (AvgIpc) is 2.05. The van der Waals surface area contributed by atoms with E-state index in [4.69, 9.17) is 0 Å². The second kappa shape index (κ2) is 6.53. The van der Waals surface area contributed by atoms with Crippen LogP contribution in [0.2, 0.25) is 0 Å². The quantitative estimate of drug-likeness (QED) is 0.585. The van der Waals surface area contributed by atoms with Crippen LogP contribution in [0.15, 0.2) is 36.1 Å². The molecule has 74 valence electrons. The molecule has 0 aromatic carbocycles. The van der Waals surface area contributed by atoms with Crippen molar-refractivity contribution in [2.45, 2.75) is 27.2 Å². The Labute approximate surface area is 82.4 Å². The highest BCUT2D eigenvalue weighted by Gasteiger charge is 2.00. The maximum Gasteiger partial charge on any atom is 0.0349 e. The van der Waals surface area contributed by atoms with E-state index in [2.05, 4.69) is 45.4 Å². The van der Waals surface area contributed by atoms with Crippen molar-refractivity contribution in [1.29, 1.82) is 0 Å². The molecule has 0 saturated heterocycles. The van der Waals surface area contributed by atoms with Gasteiger partial charge in [0.25, 0.3) is 0 Å². The maximum absolute atomic E-state index is 3.67. The molecule has 0 fully saturated rings. The van der Waals surface area contributed by atoms with Crippen molar-refractivity contribution in [3.8, 4) is 0 Å². The highest BCUT2D eigenvalue weighted by Crippen LogP contribution is 2.10. The van der Waals surface area contributed by atoms with E-state index in [0.717, 1.165) is 6.54 Å². The zero-order valence-corrected chi connectivity index (χ0v) is 9.30. The van der Waals surface area contributed by atoms with Crippen LogP contribution < -0.4 is 0 Å². The number of hydrogen-bond acceptors (Lipinski definition) is 1. The Hall–Kier alpha value is -0.980. The van der Waals surface area contributed by atoms with Gasteiger partial charge in [-0.15, -0.1) is 0 Å². The Kier molecular flexibility index (Phi) is 6.03. The highest BCUT2D eigenvalue weighted by atomic mass is 15.1. The van der Waals surface area contributed by atoms with E-state index in [-0.39, 0.29) is 0 Å². The standard InChI is InChI=1S/C12H21N/c1-6-8-9-12(11(3)4)13(5)10-7-2/h6,8-9H,1,7,10H2,2-5H3. The van der Waals surface area contributed by atoms with Gasteiger partial charge in [-0.1, -0.05) is 31.2 Å². The third kappa shape index (κ3) is 4.56. The first-order valence-electron chi connectivity index (χ1n) is 4.81. The fraction of sp³-hybridized carbons (Fsp3) is 0.500. The zero-order chi connectivity index (χ0) is 10.3. The molecule has 0 aliphatic heterocycles. The summed E-state index contributed by atoms with van der Waals surface area (Å²) in [5.74, 6) is 0. The molecule has 0 spiro atoms. The van der Waals surface area contributed by atoms with Crippen LogP contribution in [0.5, 0.6) is 0 Å². The van der Waals surface area contributed by atoms with Crippen LogP contribution in [0.25, 0.3) is 0 Å². The number of allylic oxidation sites excluding steroid dienone is 4. The molecule has 0 N–H and O–H groups in total.